The van der Waals surface area contributed by atoms with E-state index < -0.39 is 0 Å². The molecule has 1 N–H and O–H groups in total. The van der Waals surface area contributed by atoms with E-state index in [1.54, 1.807) is 0 Å². The van der Waals surface area contributed by atoms with Crippen LogP contribution in [0.3, 0.4) is 0 Å². The fourth-order valence-electron chi connectivity index (χ4n) is 2.93. The molecule has 0 aliphatic heterocycles. The van der Waals surface area contributed by atoms with Crippen molar-refractivity contribution in [3.8, 4) is 0 Å². The number of hydrogen-bond acceptors (Lipinski definition) is 2. The van der Waals surface area contributed by atoms with Crippen LogP contribution in [0.1, 0.15) is 41.0 Å². The zero-order valence-electron chi connectivity index (χ0n) is 11.0. The monoisotopic (exact) mass is 251 g/mol. The lowest BCUT2D eigenvalue weighted by molar-refractivity contribution is 0.317. The number of hydrogen-bond donors (Lipinski definition) is 1. The van der Waals surface area contributed by atoms with E-state index in [1.165, 1.54) is 16.7 Å². The molecule has 0 bridgehead atoms. The van der Waals surface area contributed by atoms with Gasteiger partial charge < -0.3 is 5.21 Å². The number of benzene rings is 2. The normalized spacial score (nSPS) is 20.3. The van der Waals surface area contributed by atoms with Gasteiger partial charge in [0.25, 0.3) is 0 Å². The molecule has 96 valence electrons. The molecule has 1 aliphatic rings. The molecule has 0 saturated heterocycles. The highest BCUT2D eigenvalue weighted by atomic mass is 16.4. The van der Waals surface area contributed by atoms with Crippen LogP contribution in [0, 0.1) is 6.92 Å². The molecule has 0 fully saturated rings. The first kappa shape index (κ1) is 12.0. The molecule has 0 unspecified atom stereocenters. The topological polar surface area (TPSA) is 32.6 Å². The molecule has 1 atom stereocenters. The largest absolute Gasteiger partial charge is 0.411 e. The van der Waals surface area contributed by atoms with Gasteiger partial charge in [0, 0.05) is 11.5 Å². The van der Waals surface area contributed by atoms with Crippen molar-refractivity contribution < 1.29 is 5.21 Å². The van der Waals surface area contributed by atoms with Crippen LogP contribution in [0.25, 0.3) is 0 Å². The van der Waals surface area contributed by atoms with Crippen molar-refractivity contribution in [1.82, 2.24) is 0 Å². The highest BCUT2D eigenvalue weighted by molar-refractivity contribution is 6.03. The van der Waals surface area contributed by atoms with Gasteiger partial charge in [0.15, 0.2) is 0 Å². The molecule has 0 amide bonds. The van der Waals surface area contributed by atoms with E-state index in [-0.39, 0.29) is 0 Å². The Labute approximate surface area is 113 Å². The smallest absolute Gasteiger partial charge is 0.0871 e. The molecule has 0 heterocycles. The maximum absolute atomic E-state index is 9.17. The standard InChI is InChI=1S/C17H17NO/c1-12-7-8-15-14(13-5-3-2-4-6-13)9-10-17(18-19)16(15)11-12/h2-8,11,14,19H,9-10H2,1H3/b18-17-/t14-/m1/s1. The highest BCUT2D eigenvalue weighted by Gasteiger charge is 2.25. The van der Waals surface area contributed by atoms with Crippen molar-refractivity contribution >= 4 is 5.71 Å². The Morgan fingerprint density at radius 3 is 2.63 bits per heavy atom. The van der Waals surface area contributed by atoms with Crippen molar-refractivity contribution in [2.45, 2.75) is 25.7 Å². The van der Waals surface area contributed by atoms with Crippen molar-refractivity contribution in [3.05, 3.63) is 70.8 Å². The Kier molecular flexibility index (Phi) is 3.08. The first-order chi connectivity index (χ1) is 9.29. The van der Waals surface area contributed by atoms with E-state index in [9.17, 15) is 5.21 Å². The molecule has 1 aliphatic carbocycles. The lowest BCUT2D eigenvalue weighted by atomic mass is 9.77. The SMILES string of the molecule is Cc1ccc2c(c1)/C(=N\O)CC[C@@H]2c1ccccc1. The van der Waals surface area contributed by atoms with Crippen LogP contribution in [-0.4, -0.2) is 10.9 Å². The first-order valence-corrected chi connectivity index (χ1v) is 6.66. The average molecular weight is 251 g/mol. The Morgan fingerprint density at radius 2 is 1.89 bits per heavy atom. The molecule has 3 rings (SSSR count). The Hall–Kier alpha value is -2.09. The third-order valence-electron chi connectivity index (χ3n) is 3.89. The summed E-state index contributed by atoms with van der Waals surface area (Å²) in [6, 6.07) is 17.0. The van der Waals surface area contributed by atoms with Gasteiger partial charge in [-0.1, -0.05) is 53.2 Å². The van der Waals surface area contributed by atoms with Crippen molar-refractivity contribution in [3.63, 3.8) is 0 Å². The minimum absolute atomic E-state index is 0.405. The van der Waals surface area contributed by atoms with Gasteiger partial charge in [0.1, 0.15) is 0 Å². The van der Waals surface area contributed by atoms with Gasteiger partial charge in [-0.15, -0.1) is 0 Å². The van der Waals surface area contributed by atoms with Gasteiger partial charge in [0.05, 0.1) is 5.71 Å². The van der Waals surface area contributed by atoms with Crippen LogP contribution in [0.2, 0.25) is 0 Å². The van der Waals surface area contributed by atoms with E-state index in [0.29, 0.717) is 5.92 Å². The summed E-state index contributed by atoms with van der Waals surface area (Å²) in [6.07, 6.45) is 1.83. The quantitative estimate of drug-likeness (QED) is 0.600. The number of aryl methyl sites for hydroxylation is 1. The summed E-state index contributed by atoms with van der Waals surface area (Å²) >= 11 is 0. The van der Waals surface area contributed by atoms with Gasteiger partial charge in [-0.3, -0.25) is 0 Å². The zero-order valence-corrected chi connectivity index (χ0v) is 11.0. The van der Waals surface area contributed by atoms with E-state index in [4.69, 9.17) is 0 Å². The lowest BCUT2D eigenvalue weighted by Crippen LogP contribution is -2.17. The Morgan fingerprint density at radius 1 is 1.11 bits per heavy atom. The zero-order chi connectivity index (χ0) is 13.2. The lowest BCUT2D eigenvalue weighted by Gasteiger charge is -2.26. The molecule has 2 aromatic rings. The second-order valence-corrected chi connectivity index (χ2v) is 5.14. The Balaban J connectivity index is 2.12. The summed E-state index contributed by atoms with van der Waals surface area (Å²) in [4.78, 5) is 0. The number of oxime groups is 1. The van der Waals surface area contributed by atoms with E-state index >= 15 is 0 Å². The molecular weight excluding hydrogens is 234 g/mol. The third kappa shape index (κ3) is 2.14. The van der Waals surface area contributed by atoms with Gasteiger partial charge in [-0.05, 0) is 37.0 Å². The Bertz CT molecular complexity index is 616. The molecule has 0 saturated carbocycles. The second-order valence-electron chi connectivity index (χ2n) is 5.14. The maximum atomic E-state index is 9.17. The molecule has 0 spiro atoms. The minimum Gasteiger partial charge on any atom is -0.411 e. The number of fused-ring (bicyclic) bond motifs is 1. The van der Waals surface area contributed by atoms with Gasteiger partial charge in [-0.2, -0.15) is 0 Å². The summed E-state index contributed by atoms with van der Waals surface area (Å²) in [7, 11) is 0. The maximum Gasteiger partial charge on any atom is 0.0871 e. The predicted molar refractivity (Wildman–Crippen MR) is 77.0 cm³/mol. The van der Waals surface area contributed by atoms with Crippen molar-refractivity contribution in [2.24, 2.45) is 5.16 Å². The summed E-state index contributed by atoms with van der Waals surface area (Å²) in [6.45, 7) is 2.07. The predicted octanol–water partition coefficient (Wildman–Crippen LogP) is 4.10. The fourth-order valence-corrected chi connectivity index (χ4v) is 2.93. The van der Waals surface area contributed by atoms with E-state index in [2.05, 4.69) is 54.5 Å². The number of nitrogens with zero attached hydrogens (tertiary/aromatic N) is 1. The van der Waals surface area contributed by atoms with Crippen molar-refractivity contribution in [2.75, 3.05) is 0 Å². The molecule has 0 radical (unpaired) electrons. The van der Waals surface area contributed by atoms with E-state index in [1.807, 2.05) is 6.07 Å². The molecule has 2 aromatic carbocycles. The van der Waals surface area contributed by atoms with Crippen LogP contribution in [-0.2, 0) is 0 Å². The van der Waals surface area contributed by atoms with Crippen LogP contribution in [0.5, 0.6) is 0 Å². The van der Waals surface area contributed by atoms with Crippen molar-refractivity contribution in [1.29, 1.82) is 0 Å². The highest BCUT2D eigenvalue weighted by Crippen LogP contribution is 2.37. The van der Waals surface area contributed by atoms with Crippen LogP contribution in [0.4, 0.5) is 0 Å². The molecule has 0 aromatic heterocycles. The summed E-state index contributed by atoms with van der Waals surface area (Å²) in [5.74, 6) is 0.405. The third-order valence-corrected chi connectivity index (χ3v) is 3.89. The van der Waals surface area contributed by atoms with E-state index in [0.717, 1.165) is 24.1 Å². The fraction of sp³-hybridized carbons (Fsp3) is 0.235. The van der Waals surface area contributed by atoms with Crippen LogP contribution in [0.15, 0.2) is 53.7 Å². The first-order valence-electron chi connectivity index (χ1n) is 6.66. The van der Waals surface area contributed by atoms with Gasteiger partial charge in [-0.25, -0.2) is 0 Å². The minimum atomic E-state index is 0.405. The second kappa shape index (κ2) is 4.88. The molecule has 2 nitrogen and oxygen atoms in total. The summed E-state index contributed by atoms with van der Waals surface area (Å²) in [5, 5.41) is 12.6. The average Bonchev–Trinajstić information content (AvgIpc) is 2.47. The molecule has 19 heavy (non-hydrogen) atoms. The van der Waals surface area contributed by atoms with Crippen LogP contribution >= 0.6 is 0 Å². The van der Waals surface area contributed by atoms with Gasteiger partial charge >= 0.3 is 0 Å². The van der Waals surface area contributed by atoms with Crippen LogP contribution < -0.4 is 0 Å². The molecule has 2 heteroatoms. The number of rotatable bonds is 1. The van der Waals surface area contributed by atoms with Gasteiger partial charge in [0.2, 0.25) is 0 Å². The summed E-state index contributed by atoms with van der Waals surface area (Å²) in [5.41, 5.74) is 5.72. The summed E-state index contributed by atoms with van der Waals surface area (Å²) < 4.78 is 0. The molecular formula is C17H17NO.